The van der Waals surface area contributed by atoms with E-state index in [4.69, 9.17) is 5.11 Å². The van der Waals surface area contributed by atoms with Crippen LogP contribution in [0.15, 0.2) is 0 Å². The monoisotopic (exact) mass is 211 g/mol. The van der Waals surface area contributed by atoms with Gasteiger partial charge in [-0.1, -0.05) is 6.42 Å². The summed E-state index contributed by atoms with van der Waals surface area (Å²) < 4.78 is 0. The molecule has 0 amide bonds. The van der Waals surface area contributed by atoms with E-state index in [1.807, 2.05) is 0 Å². The van der Waals surface area contributed by atoms with Crippen molar-refractivity contribution in [3.63, 3.8) is 0 Å². The largest absolute Gasteiger partial charge is 0.481 e. The highest BCUT2D eigenvalue weighted by atomic mass is 16.4. The zero-order chi connectivity index (χ0) is 10.8. The van der Waals surface area contributed by atoms with Crippen LogP contribution in [-0.4, -0.2) is 35.6 Å². The highest BCUT2D eigenvalue weighted by Gasteiger charge is 2.39. The third kappa shape index (κ3) is 2.71. The van der Waals surface area contributed by atoms with Crippen molar-refractivity contribution < 1.29 is 9.90 Å². The Morgan fingerprint density at radius 3 is 2.67 bits per heavy atom. The zero-order valence-electron chi connectivity index (χ0n) is 9.48. The first kappa shape index (κ1) is 10.9. The van der Waals surface area contributed by atoms with Crippen molar-refractivity contribution in [1.29, 1.82) is 0 Å². The minimum atomic E-state index is -0.620. The number of carboxylic acids is 1. The lowest BCUT2D eigenvalue weighted by atomic mass is 9.85. The summed E-state index contributed by atoms with van der Waals surface area (Å²) in [6, 6.07) is 0.530. The number of piperidine rings is 1. The van der Waals surface area contributed by atoms with Gasteiger partial charge in [-0.2, -0.15) is 0 Å². The summed E-state index contributed by atoms with van der Waals surface area (Å²) in [4.78, 5) is 13.3. The van der Waals surface area contributed by atoms with Crippen LogP contribution in [0.1, 0.15) is 38.5 Å². The normalized spacial score (nSPS) is 30.1. The Bertz CT molecular complexity index is 238. The first-order valence-electron chi connectivity index (χ1n) is 6.10. The van der Waals surface area contributed by atoms with Gasteiger partial charge in [0.1, 0.15) is 0 Å². The molecular formula is C12H21NO2. The van der Waals surface area contributed by atoms with Gasteiger partial charge in [-0.25, -0.2) is 0 Å². The lowest BCUT2D eigenvalue weighted by molar-refractivity contribution is -0.139. The van der Waals surface area contributed by atoms with Crippen LogP contribution >= 0.6 is 0 Å². The summed E-state index contributed by atoms with van der Waals surface area (Å²) in [5.74, 6) is 0.491. The van der Waals surface area contributed by atoms with E-state index in [0.29, 0.717) is 24.3 Å². The van der Waals surface area contributed by atoms with E-state index in [9.17, 15) is 4.79 Å². The summed E-state index contributed by atoms with van der Waals surface area (Å²) >= 11 is 0. The molecule has 1 saturated carbocycles. The van der Waals surface area contributed by atoms with Crippen molar-refractivity contribution in [2.45, 2.75) is 44.6 Å². The fourth-order valence-corrected chi connectivity index (χ4v) is 2.98. The molecule has 0 spiro atoms. The molecule has 1 heterocycles. The number of carboxylic acid groups (broad SMARTS) is 1. The third-order valence-electron chi connectivity index (χ3n) is 3.96. The number of carbonyl (C=O) groups is 1. The predicted octanol–water partition coefficient (Wildman–Crippen LogP) is 1.97. The van der Waals surface area contributed by atoms with Crippen LogP contribution in [0.4, 0.5) is 0 Å². The van der Waals surface area contributed by atoms with Gasteiger partial charge in [0.05, 0.1) is 0 Å². The number of likely N-dealkylation sites (tertiary alicyclic amines) is 1. The average molecular weight is 211 g/mol. The SMILES string of the molecule is CN1CCCCC1C(CC(=O)O)C1CC1. The molecule has 3 nitrogen and oxygen atoms in total. The minimum absolute atomic E-state index is 0.375. The molecule has 15 heavy (non-hydrogen) atoms. The topological polar surface area (TPSA) is 40.5 Å². The van der Waals surface area contributed by atoms with Crippen LogP contribution in [0, 0.1) is 11.8 Å². The van der Waals surface area contributed by atoms with Gasteiger partial charge in [0.25, 0.3) is 0 Å². The Kier molecular flexibility index (Phi) is 3.29. The third-order valence-corrected chi connectivity index (χ3v) is 3.96. The number of hydrogen-bond acceptors (Lipinski definition) is 2. The van der Waals surface area contributed by atoms with Crippen LogP contribution in [0.5, 0.6) is 0 Å². The Morgan fingerprint density at radius 1 is 1.40 bits per heavy atom. The van der Waals surface area contributed by atoms with Crippen molar-refractivity contribution >= 4 is 5.97 Å². The number of aliphatic carboxylic acids is 1. The molecule has 2 aliphatic rings. The molecule has 0 aromatic rings. The van der Waals surface area contributed by atoms with Crippen molar-refractivity contribution in [3.05, 3.63) is 0 Å². The van der Waals surface area contributed by atoms with Crippen LogP contribution in [0.3, 0.4) is 0 Å². The molecule has 1 aliphatic heterocycles. The molecule has 2 rings (SSSR count). The van der Waals surface area contributed by atoms with Gasteiger partial charge < -0.3 is 10.0 Å². The highest BCUT2D eigenvalue weighted by molar-refractivity contribution is 5.67. The smallest absolute Gasteiger partial charge is 0.303 e. The summed E-state index contributed by atoms with van der Waals surface area (Å²) in [5.41, 5.74) is 0. The molecule has 1 N–H and O–H groups in total. The second kappa shape index (κ2) is 4.52. The van der Waals surface area contributed by atoms with Gasteiger partial charge in [0, 0.05) is 12.5 Å². The molecule has 0 radical (unpaired) electrons. The van der Waals surface area contributed by atoms with Gasteiger partial charge in [0.2, 0.25) is 0 Å². The van der Waals surface area contributed by atoms with Crippen molar-refractivity contribution in [2.24, 2.45) is 11.8 Å². The molecule has 3 heteroatoms. The van der Waals surface area contributed by atoms with Gasteiger partial charge in [-0.15, -0.1) is 0 Å². The molecule has 1 aliphatic carbocycles. The Labute approximate surface area is 91.5 Å². The van der Waals surface area contributed by atoms with Crippen molar-refractivity contribution in [2.75, 3.05) is 13.6 Å². The van der Waals surface area contributed by atoms with E-state index in [0.717, 1.165) is 6.54 Å². The Hall–Kier alpha value is -0.570. The molecule has 2 fully saturated rings. The van der Waals surface area contributed by atoms with E-state index in [2.05, 4.69) is 11.9 Å². The predicted molar refractivity (Wildman–Crippen MR) is 58.7 cm³/mol. The van der Waals surface area contributed by atoms with Crippen LogP contribution in [0.25, 0.3) is 0 Å². The summed E-state index contributed by atoms with van der Waals surface area (Å²) in [6.07, 6.45) is 6.63. The Morgan fingerprint density at radius 2 is 2.13 bits per heavy atom. The van der Waals surface area contributed by atoms with E-state index in [1.165, 1.54) is 32.1 Å². The number of hydrogen-bond donors (Lipinski definition) is 1. The summed E-state index contributed by atoms with van der Waals surface area (Å²) in [6.45, 7) is 1.15. The molecule has 2 atom stereocenters. The maximum absolute atomic E-state index is 10.9. The van der Waals surface area contributed by atoms with Crippen molar-refractivity contribution in [1.82, 2.24) is 4.90 Å². The maximum Gasteiger partial charge on any atom is 0.303 e. The van der Waals surface area contributed by atoms with Gasteiger partial charge in [-0.05, 0) is 51.1 Å². The lowest BCUT2D eigenvalue weighted by Gasteiger charge is -2.37. The molecule has 0 bridgehead atoms. The summed E-state index contributed by atoms with van der Waals surface area (Å²) in [5, 5.41) is 8.96. The molecule has 0 aromatic carbocycles. The standard InChI is InChI=1S/C12H21NO2/c1-13-7-3-2-4-11(13)10(8-12(14)15)9-5-6-9/h9-11H,2-8H2,1H3,(H,14,15). The van der Waals surface area contributed by atoms with Crippen molar-refractivity contribution in [3.8, 4) is 0 Å². The average Bonchev–Trinajstić information content (AvgIpc) is 2.98. The Balaban J connectivity index is 1.98. The minimum Gasteiger partial charge on any atom is -0.481 e. The quantitative estimate of drug-likeness (QED) is 0.773. The fourth-order valence-electron chi connectivity index (χ4n) is 2.98. The van der Waals surface area contributed by atoms with Crippen LogP contribution in [-0.2, 0) is 4.79 Å². The fraction of sp³-hybridized carbons (Fsp3) is 0.917. The zero-order valence-corrected chi connectivity index (χ0v) is 9.48. The van der Waals surface area contributed by atoms with Gasteiger partial charge in [-0.3, -0.25) is 4.79 Å². The lowest BCUT2D eigenvalue weighted by Crippen LogP contribution is -2.43. The van der Waals surface area contributed by atoms with E-state index in [1.54, 1.807) is 0 Å². The highest BCUT2D eigenvalue weighted by Crippen LogP contribution is 2.43. The molecule has 0 aromatic heterocycles. The molecule has 1 saturated heterocycles. The van der Waals surface area contributed by atoms with E-state index in [-0.39, 0.29) is 0 Å². The van der Waals surface area contributed by atoms with E-state index >= 15 is 0 Å². The molecule has 2 unspecified atom stereocenters. The second-order valence-corrected chi connectivity index (χ2v) is 5.14. The molecular weight excluding hydrogens is 190 g/mol. The van der Waals surface area contributed by atoms with Gasteiger partial charge >= 0.3 is 5.97 Å². The van der Waals surface area contributed by atoms with E-state index < -0.39 is 5.97 Å². The summed E-state index contributed by atoms with van der Waals surface area (Å²) in [7, 11) is 2.15. The first-order valence-corrected chi connectivity index (χ1v) is 6.10. The number of rotatable bonds is 4. The second-order valence-electron chi connectivity index (χ2n) is 5.14. The first-order chi connectivity index (χ1) is 7.18. The van der Waals surface area contributed by atoms with Gasteiger partial charge in [0.15, 0.2) is 0 Å². The maximum atomic E-state index is 10.9. The van der Waals surface area contributed by atoms with Crippen LogP contribution < -0.4 is 0 Å². The molecule has 86 valence electrons. The number of nitrogens with zero attached hydrogens (tertiary/aromatic N) is 1. The van der Waals surface area contributed by atoms with Crippen LogP contribution in [0.2, 0.25) is 0 Å².